The zero-order valence-electron chi connectivity index (χ0n) is 14.8. The number of likely N-dealkylation sites (tertiary alicyclic amines) is 1. The van der Waals surface area contributed by atoms with Crippen molar-refractivity contribution in [1.82, 2.24) is 10.2 Å². The average Bonchev–Trinajstić information content (AvgIpc) is 3.45. The van der Waals surface area contributed by atoms with Gasteiger partial charge in [0.15, 0.2) is 0 Å². The zero-order chi connectivity index (χ0) is 16.8. The van der Waals surface area contributed by atoms with Gasteiger partial charge in [-0.05, 0) is 38.5 Å². The number of amides is 2. The van der Waals surface area contributed by atoms with Crippen LogP contribution < -0.4 is 5.32 Å². The lowest BCUT2D eigenvalue weighted by atomic mass is 9.96. The molecule has 0 spiro atoms. The van der Waals surface area contributed by atoms with Gasteiger partial charge in [-0.3, -0.25) is 9.59 Å². The molecule has 3 aliphatic rings. The molecule has 1 heterocycles. The topological polar surface area (TPSA) is 58.6 Å². The van der Waals surface area contributed by atoms with Crippen LogP contribution in [0, 0.1) is 11.8 Å². The lowest BCUT2D eigenvalue weighted by Crippen LogP contribution is -2.46. The minimum absolute atomic E-state index is 0.0423. The summed E-state index contributed by atoms with van der Waals surface area (Å²) in [5, 5.41) is 3.01. The molecule has 136 valence electrons. The highest BCUT2D eigenvalue weighted by Gasteiger charge is 2.36. The second-order valence-corrected chi connectivity index (χ2v) is 7.67. The maximum absolute atomic E-state index is 12.4. The van der Waals surface area contributed by atoms with Gasteiger partial charge < -0.3 is 15.0 Å². The molecule has 0 aromatic rings. The Labute approximate surface area is 145 Å². The normalized spacial score (nSPS) is 26.0. The number of carbonyl (C=O) groups excluding carboxylic acids is 2. The summed E-state index contributed by atoms with van der Waals surface area (Å²) in [5.41, 5.74) is 0. The second-order valence-electron chi connectivity index (χ2n) is 7.67. The Hall–Kier alpha value is -1.10. The third-order valence-corrected chi connectivity index (χ3v) is 5.59. The van der Waals surface area contributed by atoms with Crippen LogP contribution in [0.25, 0.3) is 0 Å². The molecule has 2 aliphatic carbocycles. The summed E-state index contributed by atoms with van der Waals surface area (Å²) in [6.07, 6.45) is 11.8. The molecule has 0 aromatic carbocycles. The van der Waals surface area contributed by atoms with E-state index < -0.39 is 0 Å². The molecule has 3 fully saturated rings. The number of nitrogens with zero attached hydrogens (tertiary/aromatic N) is 1. The highest BCUT2D eigenvalue weighted by molar-refractivity contribution is 5.83. The number of carbonyl (C=O) groups is 2. The fourth-order valence-corrected chi connectivity index (χ4v) is 3.93. The minimum Gasteiger partial charge on any atom is -0.376 e. The molecule has 2 saturated carbocycles. The first-order valence-corrected chi connectivity index (χ1v) is 9.92. The van der Waals surface area contributed by atoms with Gasteiger partial charge in [0.2, 0.25) is 11.8 Å². The standard InChI is InChI=1S/C19H32N2O3/c22-18(20-11-13-24-17-7-3-1-2-4-8-17)16-6-5-12-21(14-16)19(23)15-9-10-15/h15-17H,1-14H2,(H,20,22). The fourth-order valence-electron chi connectivity index (χ4n) is 3.93. The summed E-state index contributed by atoms with van der Waals surface area (Å²) in [6, 6.07) is 0. The lowest BCUT2D eigenvalue weighted by molar-refractivity contribution is -0.136. The molecule has 24 heavy (non-hydrogen) atoms. The van der Waals surface area contributed by atoms with Crippen LogP contribution in [0.1, 0.15) is 64.2 Å². The third-order valence-electron chi connectivity index (χ3n) is 5.59. The second kappa shape index (κ2) is 8.84. The molecule has 1 atom stereocenters. The van der Waals surface area contributed by atoms with Gasteiger partial charge in [-0.2, -0.15) is 0 Å². The predicted molar refractivity (Wildman–Crippen MR) is 92.5 cm³/mol. The van der Waals surface area contributed by atoms with Crippen LogP contribution in [0.2, 0.25) is 0 Å². The van der Waals surface area contributed by atoms with Crippen LogP contribution in [0.4, 0.5) is 0 Å². The first kappa shape index (κ1) is 17.7. The molecule has 0 aromatic heterocycles. The van der Waals surface area contributed by atoms with Crippen molar-refractivity contribution in [2.75, 3.05) is 26.2 Å². The number of hydrogen-bond acceptors (Lipinski definition) is 3. The summed E-state index contributed by atoms with van der Waals surface area (Å²) < 4.78 is 5.92. The van der Waals surface area contributed by atoms with Gasteiger partial charge in [0.05, 0.1) is 18.6 Å². The van der Waals surface area contributed by atoms with Gasteiger partial charge in [-0.25, -0.2) is 0 Å². The molecular formula is C19H32N2O3. The van der Waals surface area contributed by atoms with E-state index in [2.05, 4.69) is 5.32 Å². The molecule has 1 aliphatic heterocycles. The van der Waals surface area contributed by atoms with Gasteiger partial charge in [-0.15, -0.1) is 0 Å². The van der Waals surface area contributed by atoms with E-state index in [0.717, 1.165) is 45.1 Å². The summed E-state index contributed by atoms with van der Waals surface area (Å²) in [4.78, 5) is 26.4. The van der Waals surface area contributed by atoms with E-state index in [0.29, 0.717) is 25.8 Å². The summed E-state index contributed by atoms with van der Waals surface area (Å²) in [5.74, 6) is 0.566. The third kappa shape index (κ3) is 5.20. The van der Waals surface area contributed by atoms with E-state index in [1.54, 1.807) is 0 Å². The first-order valence-electron chi connectivity index (χ1n) is 9.92. The highest BCUT2D eigenvalue weighted by Crippen LogP contribution is 2.32. The van der Waals surface area contributed by atoms with Crippen molar-refractivity contribution in [3.05, 3.63) is 0 Å². The molecule has 5 heteroatoms. The van der Waals surface area contributed by atoms with E-state index >= 15 is 0 Å². The Balaban J connectivity index is 1.33. The van der Waals surface area contributed by atoms with Crippen LogP contribution in [0.15, 0.2) is 0 Å². The smallest absolute Gasteiger partial charge is 0.225 e. The quantitative estimate of drug-likeness (QED) is 0.599. The van der Waals surface area contributed by atoms with Crippen molar-refractivity contribution in [1.29, 1.82) is 0 Å². The minimum atomic E-state index is -0.0423. The van der Waals surface area contributed by atoms with E-state index in [4.69, 9.17) is 4.74 Å². The summed E-state index contributed by atoms with van der Waals surface area (Å²) in [7, 11) is 0. The molecule has 2 amide bonds. The summed E-state index contributed by atoms with van der Waals surface area (Å²) >= 11 is 0. The first-order chi connectivity index (χ1) is 11.7. The van der Waals surface area contributed by atoms with E-state index in [1.165, 1.54) is 25.7 Å². The largest absolute Gasteiger partial charge is 0.376 e. The Morgan fingerprint density at radius 3 is 2.38 bits per heavy atom. The van der Waals surface area contributed by atoms with Crippen molar-refractivity contribution in [2.45, 2.75) is 70.3 Å². The number of rotatable bonds is 6. The molecule has 1 N–H and O–H groups in total. The van der Waals surface area contributed by atoms with Gasteiger partial charge in [0.25, 0.3) is 0 Å². The Kier molecular flexibility index (Phi) is 6.52. The molecule has 1 saturated heterocycles. The van der Waals surface area contributed by atoms with Crippen molar-refractivity contribution in [3.8, 4) is 0 Å². The molecule has 0 radical (unpaired) electrons. The van der Waals surface area contributed by atoms with Crippen molar-refractivity contribution in [2.24, 2.45) is 11.8 Å². The van der Waals surface area contributed by atoms with E-state index in [9.17, 15) is 9.59 Å². The molecule has 3 rings (SSSR count). The van der Waals surface area contributed by atoms with Crippen LogP contribution in [0.5, 0.6) is 0 Å². The lowest BCUT2D eigenvalue weighted by Gasteiger charge is -2.32. The van der Waals surface area contributed by atoms with Crippen LogP contribution in [0.3, 0.4) is 0 Å². The highest BCUT2D eigenvalue weighted by atomic mass is 16.5. The monoisotopic (exact) mass is 336 g/mol. The molecule has 5 nitrogen and oxygen atoms in total. The maximum atomic E-state index is 12.4. The van der Waals surface area contributed by atoms with Crippen molar-refractivity contribution < 1.29 is 14.3 Å². The molecule has 1 unspecified atom stereocenters. The SMILES string of the molecule is O=C(NCCOC1CCCCCC1)C1CCCN(C(=O)C2CC2)C1. The van der Waals surface area contributed by atoms with Gasteiger partial charge in [-0.1, -0.05) is 25.7 Å². The average molecular weight is 336 g/mol. The predicted octanol–water partition coefficient (Wildman–Crippen LogP) is 2.49. The molecular weight excluding hydrogens is 304 g/mol. The zero-order valence-corrected chi connectivity index (χ0v) is 14.8. The maximum Gasteiger partial charge on any atom is 0.225 e. The van der Waals surface area contributed by atoms with Crippen LogP contribution >= 0.6 is 0 Å². The van der Waals surface area contributed by atoms with E-state index in [-0.39, 0.29) is 23.7 Å². The fraction of sp³-hybridized carbons (Fsp3) is 0.895. The number of hydrogen-bond donors (Lipinski definition) is 1. The summed E-state index contributed by atoms with van der Waals surface area (Å²) in [6.45, 7) is 2.62. The van der Waals surface area contributed by atoms with Crippen molar-refractivity contribution in [3.63, 3.8) is 0 Å². The number of ether oxygens (including phenoxy) is 1. The van der Waals surface area contributed by atoms with Crippen LogP contribution in [-0.2, 0) is 14.3 Å². The van der Waals surface area contributed by atoms with Crippen molar-refractivity contribution >= 4 is 11.8 Å². The molecule has 0 bridgehead atoms. The van der Waals surface area contributed by atoms with Gasteiger partial charge in [0.1, 0.15) is 0 Å². The Bertz CT molecular complexity index is 428. The Morgan fingerprint density at radius 2 is 1.67 bits per heavy atom. The van der Waals surface area contributed by atoms with E-state index in [1.807, 2.05) is 4.90 Å². The Morgan fingerprint density at radius 1 is 0.917 bits per heavy atom. The van der Waals surface area contributed by atoms with Gasteiger partial charge in [0, 0.05) is 25.6 Å². The number of nitrogens with one attached hydrogen (secondary N) is 1. The van der Waals surface area contributed by atoms with Gasteiger partial charge >= 0.3 is 0 Å². The number of piperidine rings is 1. The van der Waals surface area contributed by atoms with Crippen LogP contribution in [-0.4, -0.2) is 49.1 Å².